The number of nitrogens with one attached hydrogen (secondary N) is 1. The Hall–Kier alpha value is -0.410. The second-order valence-corrected chi connectivity index (χ2v) is 7.68. The molecule has 3 unspecified atom stereocenters. The number of ketones is 1. The Morgan fingerprint density at radius 3 is 2.81 bits per heavy atom. The number of carbonyl (C=O) groups is 1. The van der Waals surface area contributed by atoms with E-state index in [0.717, 1.165) is 39.0 Å². The molecule has 3 nitrogen and oxygen atoms in total. The molecule has 21 heavy (non-hydrogen) atoms. The summed E-state index contributed by atoms with van der Waals surface area (Å²) < 4.78 is 6.07. The predicted molar refractivity (Wildman–Crippen MR) is 84.3 cm³/mol. The molecule has 3 rings (SSSR count). The molecule has 3 aliphatic rings. The lowest BCUT2D eigenvalue weighted by atomic mass is 9.77. The van der Waals surface area contributed by atoms with Gasteiger partial charge >= 0.3 is 0 Å². The number of Topliss-reactive ketones (excluding diaryl/α,β-unsaturated/α-hetero) is 1. The summed E-state index contributed by atoms with van der Waals surface area (Å²) in [6, 6.07) is 0. The van der Waals surface area contributed by atoms with Crippen LogP contribution >= 0.6 is 0 Å². The predicted octanol–water partition coefficient (Wildman–Crippen LogP) is 3.32. The Labute approximate surface area is 129 Å². The molecule has 1 spiro atoms. The molecule has 3 atom stereocenters. The topological polar surface area (TPSA) is 38.3 Å². The molecule has 1 N–H and O–H groups in total. The molecule has 0 aromatic rings. The average molecular weight is 293 g/mol. The van der Waals surface area contributed by atoms with E-state index < -0.39 is 0 Å². The Bertz CT molecular complexity index is 356. The first-order chi connectivity index (χ1) is 10.2. The van der Waals surface area contributed by atoms with Gasteiger partial charge in [-0.15, -0.1) is 0 Å². The van der Waals surface area contributed by atoms with E-state index in [1.165, 1.54) is 38.5 Å². The molecule has 2 aliphatic heterocycles. The fourth-order valence-corrected chi connectivity index (χ4v) is 4.69. The number of ether oxygens (including phenoxy) is 1. The van der Waals surface area contributed by atoms with Crippen LogP contribution in [0.3, 0.4) is 0 Å². The van der Waals surface area contributed by atoms with Crippen LogP contribution in [-0.4, -0.2) is 31.1 Å². The summed E-state index contributed by atoms with van der Waals surface area (Å²) in [5.41, 5.74) is 0.0776. The Balaban J connectivity index is 1.52. The third-order valence-corrected chi connectivity index (χ3v) is 6.13. The average Bonchev–Trinajstić information content (AvgIpc) is 2.96. The molecule has 0 aromatic heterocycles. The highest BCUT2D eigenvalue weighted by atomic mass is 16.5. The minimum absolute atomic E-state index is 0.0776. The highest BCUT2D eigenvalue weighted by Crippen LogP contribution is 2.42. The first-order valence-corrected chi connectivity index (χ1v) is 9.06. The lowest BCUT2D eigenvalue weighted by Gasteiger charge is -2.38. The molecule has 2 heterocycles. The maximum absolute atomic E-state index is 12.7. The fourth-order valence-electron chi connectivity index (χ4n) is 4.69. The van der Waals surface area contributed by atoms with E-state index in [1.54, 1.807) is 0 Å². The van der Waals surface area contributed by atoms with Crippen molar-refractivity contribution in [2.45, 2.75) is 70.3 Å². The van der Waals surface area contributed by atoms with E-state index in [-0.39, 0.29) is 11.5 Å². The Morgan fingerprint density at radius 1 is 1.29 bits per heavy atom. The zero-order chi connectivity index (χ0) is 14.7. The van der Waals surface area contributed by atoms with Crippen molar-refractivity contribution in [2.75, 3.05) is 19.7 Å². The van der Waals surface area contributed by atoms with Crippen molar-refractivity contribution in [3.05, 3.63) is 0 Å². The third-order valence-electron chi connectivity index (χ3n) is 6.13. The molecule has 0 radical (unpaired) electrons. The van der Waals surface area contributed by atoms with Crippen molar-refractivity contribution in [3.8, 4) is 0 Å². The third kappa shape index (κ3) is 3.68. The lowest BCUT2D eigenvalue weighted by Crippen LogP contribution is -2.40. The zero-order valence-corrected chi connectivity index (χ0v) is 13.5. The minimum Gasteiger partial charge on any atom is -0.375 e. The molecular weight excluding hydrogens is 262 g/mol. The number of piperidine rings is 1. The second-order valence-electron chi connectivity index (χ2n) is 7.68. The van der Waals surface area contributed by atoms with Gasteiger partial charge < -0.3 is 10.1 Å². The highest BCUT2D eigenvalue weighted by molar-refractivity contribution is 5.81. The molecule has 3 heteroatoms. The van der Waals surface area contributed by atoms with Crippen LogP contribution in [0.1, 0.15) is 64.7 Å². The molecule has 0 amide bonds. The van der Waals surface area contributed by atoms with Crippen LogP contribution in [0.4, 0.5) is 0 Å². The van der Waals surface area contributed by atoms with Crippen molar-refractivity contribution >= 4 is 5.78 Å². The number of hydrogen-bond donors (Lipinski definition) is 1. The van der Waals surface area contributed by atoms with Gasteiger partial charge in [0.25, 0.3) is 0 Å². The van der Waals surface area contributed by atoms with Crippen LogP contribution in [0, 0.1) is 17.8 Å². The Morgan fingerprint density at radius 2 is 2.10 bits per heavy atom. The van der Waals surface area contributed by atoms with Gasteiger partial charge in [0.1, 0.15) is 5.78 Å². The van der Waals surface area contributed by atoms with Gasteiger partial charge in [0.05, 0.1) is 5.60 Å². The monoisotopic (exact) mass is 293 g/mol. The zero-order valence-electron chi connectivity index (χ0n) is 13.5. The van der Waals surface area contributed by atoms with Gasteiger partial charge in [-0.25, -0.2) is 0 Å². The molecule has 0 aromatic carbocycles. The molecule has 1 aliphatic carbocycles. The first-order valence-electron chi connectivity index (χ1n) is 9.06. The van der Waals surface area contributed by atoms with Crippen LogP contribution in [0.25, 0.3) is 0 Å². The van der Waals surface area contributed by atoms with Crippen molar-refractivity contribution < 1.29 is 9.53 Å². The van der Waals surface area contributed by atoms with Crippen molar-refractivity contribution in [1.29, 1.82) is 0 Å². The van der Waals surface area contributed by atoms with Crippen molar-refractivity contribution in [2.24, 2.45) is 17.8 Å². The summed E-state index contributed by atoms with van der Waals surface area (Å²) >= 11 is 0. The maximum atomic E-state index is 12.7. The van der Waals surface area contributed by atoms with Crippen LogP contribution in [0.5, 0.6) is 0 Å². The van der Waals surface area contributed by atoms with Crippen molar-refractivity contribution in [3.63, 3.8) is 0 Å². The largest absolute Gasteiger partial charge is 0.375 e. The summed E-state index contributed by atoms with van der Waals surface area (Å²) in [7, 11) is 0. The smallest absolute Gasteiger partial charge is 0.136 e. The first kappa shape index (κ1) is 15.5. The van der Waals surface area contributed by atoms with Gasteiger partial charge in [0.2, 0.25) is 0 Å². The normalized spacial score (nSPS) is 34.0. The summed E-state index contributed by atoms with van der Waals surface area (Å²) in [4.78, 5) is 12.7. The summed E-state index contributed by atoms with van der Waals surface area (Å²) in [5, 5.41) is 3.48. The molecule has 3 fully saturated rings. The standard InChI is InChI=1S/C18H31NO2/c1-14(16-5-4-9-19-13-16)11-17(20)15-6-10-21-18(12-15)7-2-3-8-18/h14-16,19H,2-13H2,1H3. The molecular formula is C18H31NO2. The van der Waals surface area contributed by atoms with E-state index >= 15 is 0 Å². The van der Waals surface area contributed by atoms with Crippen LogP contribution in [0.15, 0.2) is 0 Å². The van der Waals surface area contributed by atoms with Crippen LogP contribution in [0.2, 0.25) is 0 Å². The highest BCUT2D eigenvalue weighted by Gasteiger charge is 2.42. The second kappa shape index (κ2) is 6.78. The van der Waals surface area contributed by atoms with Gasteiger partial charge in [-0.1, -0.05) is 19.8 Å². The van der Waals surface area contributed by atoms with Gasteiger partial charge in [-0.05, 0) is 63.5 Å². The van der Waals surface area contributed by atoms with E-state index in [1.807, 2.05) is 0 Å². The van der Waals surface area contributed by atoms with Crippen molar-refractivity contribution in [1.82, 2.24) is 5.32 Å². The van der Waals surface area contributed by atoms with Crippen LogP contribution < -0.4 is 5.32 Å². The molecule has 1 saturated carbocycles. The SMILES string of the molecule is CC(CC(=O)C1CCOC2(CCCC2)C1)C1CCCNC1. The molecule has 120 valence electrons. The molecule has 2 saturated heterocycles. The maximum Gasteiger partial charge on any atom is 0.136 e. The summed E-state index contributed by atoms with van der Waals surface area (Å²) in [6.07, 6.45) is 10.2. The number of carbonyl (C=O) groups excluding carboxylic acids is 1. The van der Waals surface area contributed by atoms with Gasteiger partial charge in [0, 0.05) is 18.9 Å². The van der Waals surface area contributed by atoms with Gasteiger partial charge in [-0.2, -0.15) is 0 Å². The quantitative estimate of drug-likeness (QED) is 0.864. The summed E-state index contributed by atoms with van der Waals surface area (Å²) in [5.74, 6) is 2.02. The number of rotatable bonds is 4. The van der Waals surface area contributed by atoms with E-state index in [0.29, 0.717) is 17.6 Å². The molecule has 0 bridgehead atoms. The van der Waals surface area contributed by atoms with E-state index in [2.05, 4.69) is 12.2 Å². The van der Waals surface area contributed by atoms with Gasteiger partial charge in [0.15, 0.2) is 0 Å². The Kier molecular flexibility index (Phi) is 5.00. The van der Waals surface area contributed by atoms with Gasteiger partial charge in [-0.3, -0.25) is 4.79 Å². The van der Waals surface area contributed by atoms with E-state index in [9.17, 15) is 4.79 Å². The minimum atomic E-state index is 0.0776. The fraction of sp³-hybridized carbons (Fsp3) is 0.944. The lowest BCUT2D eigenvalue weighted by molar-refractivity contribution is -0.137. The van der Waals surface area contributed by atoms with Crippen LogP contribution in [-0.2, 0) is 9.53 Å². The number of hydrogen-bond acceptors (Lipinski definition) is 3. The summed E-state index contributed by atoms with van der Waals surface area (Å²) in [6.45, 7) is 5.34. The van der Waals surface area contributed by atoms with E-state index in [4.69, 9.17) is 4.74 Å².